The zero-order valence-electron chi connectivity index (χ0n) is 17.5. The SMILES string of the molecule is Cc1cc2cc(C(C)Nc3ncnc(N)n3)c(N3CCC(C(N)=O)CC3)nc2cc1F. The molecular weight excluding hydrogens is 399 g/mol. The van der Waals surface area contributed by atoms with Crippen molar-refractivity contribution in [1.82, 2.24) is 19.9 Å². The van der Waals surface area contributed by atoms with E-state index in [4.69, 9.17) is 16.5 Å². The molecule has 0 saturated carbocycles. The molecule has 1 aliphatic heterocycles. The van der Waals surface area contributed by atoms with Crippen LogP contribution in [0.5, 0.6) is 0 Å². The van der Waals surface area contributed by atoms with E-state index in [1.54, 1.807) is 13.0 Å². The topological polar surface area (TPSA) is 136 Å². The number of nitrogen functional groups attached to an aromatic ring is 1. The van der Waals surface area contributed by atoms with E-state index in [0.717, 1.165) is 16.8 Å². The third kappa shape index (κ3) is 4.32. The second-order valence-corrected chi connectivity index (χ2v) is 7.89. The Morgan fingerprint density at radius 3 is 2.65 bits per heavy atom. The van der Waals surface area contributed by atoms with E-state index in [1.165, 1.54) is 12.4 Å². The monoisotopic (exact) mass is 424 g/mol. The van der Waals surface area contributed by atoms with E-state index in [2.05, 4.69) is 25.2 Å². The molecule has 162 valence electrons. The molecule has 3 heterocycles. The van der Waals surface area contributed by atoms with Crippen molar-refractivity contribution in [2.75, 3.05) is 29.0 Å². The Balaban J connectivity index is 1.73. The predicted octanol–water partition coefficient (Wildman–Crippen LogP) is 2.32. The van der Waals surface area contributed by atoms with Crippen LogP contribution in [-0.2, 0) is 4.79 Å². The molecule has 3 aromatic rings. The second-order valence-electron chi connectivity index (χ2n) is 7.89. The van der Waals surface area contributed by atoms with E-state index in [-0.39, 0.29) is 29.6 Å². The zero-order chi connectivity index (χ0) is 22.1. The summed E-state index contributed by atoms with van der Waals surface area (Å²) in [6, 6.07) is 5.04. The van der Waals surface area contributed by atoms with Crippen LogP contribution in [0.15, 0.2) is 24.5 Å². The van der Waals surface area contributed by atoms with Crippen molar-refractivity contribution >= 4 is 34.5 Å². The average Bonchev–Trinajstić information content (AvgIpc) is 2.74. The molecule has 1 atom stereocenters. The first-order valence-electron chi connectivity index (χ1n) is 10.2. The fourth-order valence-corrected chi connectivity index (χ4v) is 3.91. The third-order valence-electron chi connectivity index (χ3n) is 5.70. The van der Waals surface area contributed by atoms with Crippen molar-refractivity contribution < 1.29 is 9.18 Å². The molecule has 1 fully saturated rings. The molecule has 0 spiro atoms. The Bertz CT molecular complexity index is 1130. The number of amides is 1. The molecule has 2 aromatic heterocycles. The van der Waals surface area contributed by atoms with Gasteiger partial charge in [0.1, 0.15) is 18.0 Å². The van der Waals surface area contributed by atoms with Gasteiger partial charge in [0.25, 0.3) is 0 Å². The van der Waals surface area contributed by atoms with Gasteiger partial charge < -0.3 is 21.7 Å². The maximum atomic E-state index is 14.2. The van der Waals surface area contributed by atoms with Gasteiger partial charge in [-0.15, -0.1) is 0 Å². The van der Waals surface area contributed by atoms with Gasteiger partial charge in [-0.1, -0.05) is 0 Å². The number of aromatic nitrogens is 4. The van der Waals surface area contributed by atoms with Gasteiger partial charge >= 0.3 is 0 Å². The first-order valence-corrected chi connectivity index (χ1v) is 10.2. The number of halogens is 1. The summed E-state index contributed by atoms with van der Waals surface area (Å²) in [5.41, 5.74) is 13.2. The number of anilines is 3. The minimum atomic E-state index is -0.294. The number of carbonyl (C=O) groups excluding carboxylic acids is 1. The number of rotatable bonds is 5. The van der Waals surface area contributed by atoms with Crippen LogP contribution in [0, 0.1) is 18.7 Å². The van der Waals surface area contributed by atoms with Gasteiger partial charge in [-0.25, -0.2) is 19.3 Å². The number of hydrogen-bond acceptors (Lipinski definition) is 8. The van der Waals surface area contributed by atoms with Crippen LogP contribution in [0.2, 0.25) is 0 Å². The third-order valence-corrected chi connectivity index (χ3v) is 5.70. The van der Waals surface area contributed by atoms with Gasteiger partial charge in [-0.05, 0) is 44.4 Å². The molecule has 0 aliphatic carbocycles. The van der Waals surface area contributed by atoms with Crippen LogP contribution >= 0.6 is 0 Å². The van der Waals surface area contributed by atoms with Crippen LogP contribution in [0.1, 0.15) is 36.9 Å². The number of piperidine rings is 1. The summed E-state index contributed by atoms with van der Waals surface area (Å²) in [5.74, 6) is 0.518. The fourth-order valence-electron chi connectivity index (χ4n) is 3.91. The molecule has 1 aromatic carbocycles. The van der Waals surface area contributed by atoms with Crippen molar-refractivity contribution in [1.29, 1.82) is 0 Å². The molecule has 31 heavy (non-hydrogen) atoms. The fraction of sp³-hybridized carbons (Fsp3) is 0.381. The minimum absolute atomic E-state index is 0.126. The van der Waals surface area contributed by atoms with E-state index in [0.29, 0.717) is 43.0 Å². The van der Waals surface area contributed by atoms with E-state index in [9.17, 15) is 9.18 Å². The Morgan fingerprint density at radius 2 is 1.97 bits per heavy atom. The molecule has 4 rings (SSSR count). The maximum Gasteiger partial charge on any atom is 0.227 e. The largest absolute Gasteiger partial charge is 0.369 e. The lowest BCUT2D eigenvalue weighted by molar-refractivity contribution is -0.122. The summed E-state index contributed by atoms with van der Waals surface area (Å²) in [6.07, 6.45) is 2.66. The van der Waals surface area contributed by atoms with Crippen LogP contribution < -0.4 is 21.7 Å². The molecule has 0 radical (unpaired) electrons. The summed E-state index contributed by atoms with van der Waals surface area (Å²) in [5, 5.41) is 4.08. The molecular formula is C21H25FN8O. The van der Waals surface area contributed by atoms with E-state index in [1.807, 2.05) is 13.0 Å². The summed E-state index contributed by atoms with van der Waals surface area (Å²) in [4.78, 5) is 30.5. The summed E-state index contributed by atoms with van der Waals surface area (Å²) >= 11 is 0. The summed E-state index contributed by atoms with van der Waals surface area (Å²) in [7, 11) is 0. The molecule has 1 saturated heterocycles. The smallest absolute Gasteiger partial charge is 0.227 e. The molecule has 1 unspecified atom stereocenters. The maximum absolute atomic E-state index is 14.2. The van der Waals surface area contributed by atoms with Gasteiger partial charge in [-0.2, -0.15) is 4.98 Å². The summed E-state index contributed by atoms with van der Waals surface area (Å²) in [6.45, 7) is 4.98. The van der Waals surface area contributed by atoms with Gasteiger partial charge in [-0.3, -0.25) is 4.79 Å². The highest BCUT2D eigenvalue weighted by molar-refractivity contribution is 5.83. The van der Waals surface area contributed by atoms with Crippen molar-refractivity contribution in [3.05, 3.63) is 41.5 Å². The van der Waals surface area contributed by atoms with Crippen LogP contribution in [0.3, 0.4) is 0 Å². The number of nitrogens with zero attached hydrogens (tertiary/aromatic N) is 5. The lowest BCUT2D eigenvalue weighted by Gasteiger charge is -2.34. The lowest BCUT2D eigenvalue weighted by atomic mass is 9.95. The molecule has 5 N–H and O–H groups in total. The Hall–Kier alpha value is -3.56. The minimum Gasteiger partial charge on any atom is -0.369 e. The van der Waals surface area contributed by atoms with Crippen LogP contribution in [-0.4, -0.2) is 38.9 Å². The molecule has 0 bridgehead atoms. The quantitative estimate of drug-likeness (QED) is 0.568. The number of benzene rings is 1. The van der Waals surface area contributed by atoms with Gasteiger partial charge in [0, 0.05) is 36.0 Å². The Labute approximate surface area is 179 Å². The molecule has 1 amide bonds. The van der Waals surface area contributed by atoms with Crippen LogP contribution in [0.25, 0.3) is 10.9 Å². The number of pyridine rings is 1. The van der Waals surface area contributed by atoms with Crippen molar-refractivity contribution in [3.63, 3.8) is 0 Å². The Morgan fingerprint density at radius 1 is 1.23 bits per heavy atom. The Kier molecular flexibility index (Phi) is 5.53. The van der Waals surface area contributed by atoms with Crippen molar-refractivity contribution in [2.45, 2.75) is 32.7 Å². The number of hydrogen-bond donors (Lipinski definition) is 3. The van der Waals surface area contributed by atoms with Crippen molar-refractivity contribution in [3.8, 4) is 0 Å². The summed E-state index contributed by atoms with van der Waals surface area (Å²) < 4.78 is 14.2. The van der Waals surface area contributed by atoms with Crippen LogP contribution in [0.4, 0.5) is 22.1 Å². The van der Waals surface area contributed by atoms with Crippen molar-refractivity contribution in [2.24, 2.45) is 11.7 Å². The zero-order valence-corrected chi connectivity index (χ0v) is 17.5. The number of nitrogens with one attached hydrogen (secondary N) is 1. The molecule has 10 heteroatoms. The predicted molar refractivity (Wildman–Crippen MR) is 117 cm³/mol. The van der Waals surface area contributed by atoms with E-state index >= 15 is 0 Å². The number of carbonyl (C=O) groups is 1. The highest BCUT2D eigenvalue weighted by Gasteiger charge is 2.27. The standard InChI is InChI=1S/C21H25FN8O/c1-11-7-14-8-15(12(2)27-21-26-10-25-20(24)29-21)19(28-17(14)9-16(11)22)30-5-3-13(4-6-30)18(23)31/h7-10,12-13H,3-6H2,1-2H3,(H2,23,31)(H3,24,25,26,27,29). The lowest BCUT2D eigenvalue weighted by Crippen LogP contribution is -2.39. The average molecular weight is 424 g/mol. The van der Waals surface area contributed by atoms with E-state index < -0.39 is 0 Å². The highest BCUT2D eigenvalue weighted by Crippen LogP contribution is 2.33. The normalized spacial score (nSPS) is 15.8. The number of primary amides is 1. The first kappa shape index (κ1) is 20.7. The number of fused-ring (bicyclic) bond motifs is 1. The van der Waals surface area contributed by atoms with Gasteiger partial charge in [0.05, 0.1) is 11.6 Å². The highest BCUT2D eigenvalue weighted by atomic mass is 19.1. The number of aryl methyl sites for hydroxylation is 1. The molecule has 1 aliphatic rings. The first-order chi connectivity index (χ1) is 14.8. The molecule has 9 nitrogen and oxygen atoms in total. The van der Waals surface area contributed by atoms with Gasteiger partial charge in [0.2, 0.25) is 17.8 Å². The second kappa shape index (κ2) is 8.29. The number of nitrogens with two attached hydrogens (primary N) is 2. The van der Waals surface area contributed by atoms with Gasteiger partial charge in [0.15, 0.2) is 0 Å².